The molecule has 122 valence electrons. The molecule has 1 heterocycles. The van der Waals surface area contributed by atoms with Gasteiger partial charge in [-0.1, -0.05) is 0 Å². The first kappa shape index (κ1) is 18.4. The number of hydrogen-bond acceptors (Lipinski definition) is 4. The lowest BCUT2D eigenvalue weighted by Gasteiger charge is -2.33. The average molecular weight is 327 g/mol. The van der Waals surface area contributed by atoms with Crippen molar-refractivity contribution < 1.29 is 9.59 Å². The number of anilines is 1. The summed E-state index contributed by atoms with van der Waals surface area (Å²) >= 11 is 0. The van der Waals surface area contributed by atoms with E-state index in [9.17, 15) is 9.59 Å². The molecule has 0 saturated carbocycles. The molecule has 1 aromatic rings. The zero-order chi connectivity index (χ0) is 15.2. The second-order valence-electron chi connectivity index (χ2n) is 5.33. The lowest BCUT2D eigenvalue weighted by atomic mass is 10.2. The van der Waals surface area contributed by atoms with E-state index < -0.39 is 5.91 Å². The fraction of sp³-hybridized carbons (Fsp3) is 0.467. The van der Waals surface area contributed by atoms with Gasteiger partial charge in [0.15, 0.2) is 0 Å². The lowest BCUT2D eigenvalue weighted by molar-refractivity contribution is -0.116. The van der Waals surface area contributed by atoms with Gasteiger partial charge in [-0.25, -0.2) is 0 Å². The highest BCUT2D eigenvalue weighted by atomic mass is 35.5. The molecule has 0 bridgehead atoms. The van der Waals surface area contributed by atoms with Crippen molar-refractivity contribution in [3.8, 4) is 0 Å². The molecular formula is C15H23ClN4O2. The van der Waals surface area contributed by atoms with Crippen LogP contribution in [0.15, 0.2) is 24.3 Å². The van der Waals surface area contributed by atoms with Gasteiger partial charge in [-0.15, -0.1) is 12.4 Å². The quantitative estimate of drug-likeness (QED) is 0.748. The van der Waals surface area contributed by atoms with Gasteiger partial charge in [0.1, 0.15) is 0 Å². The first-order valence-electron chi connectivity index (χ1n) is 7.21. The van der Waals surface area contributed by atoms with E-state index >= 15 is 0 Å². The number of hydrogen-bond donors (Lipinski definition) is 3. The number of carbonyl (C=O) groups excluding carboxylic acids is 2. The van der Waals surface area contributed by atoms with Gasteiger partial charge >= 0.3 is 0 Å². The highest BCUT2D eigenvalue weighted by Gasteiger charge is 2.18. The Kier molecular flexibility index (Phi) is 7.31. The van der Waals surface area contributed by atoms with Crippen LogP contribution in [0.3, 0.4) is 0 Å². The van der Waals surface area contributed by atoms with Gasteiger partial charge in [-0.05, 0) is 31.2 Å². The second-order valence-corrected chi connectivity index (χ2v) is 5.33. The number of piperazine rings is 1. The van der Waals surface area contributed by atoms with Crippen LogP contribution in [0.25, 0.3) is 0 Å². The van der Waals surface area contributed by atoms with Crippen molar-refractivity contribution in [3.63, 3.8) is 0 Å². The number of nitrogens with zero attached hydrogens (tertiary/aromatic N) is 1. The van der Waals surface area contributed by atoms with E-state index in [1.54, 1.807) is 24.3 Å². The predicted octanol–water partition coefficient (Wildman–Crippen LogP) is 0.830. The maximum atomic E-state index is 11.9. The van der Waals surface area contributed by atoms with Crippen LogP contribution < -0.4 is 16.4 Å². The number of halogens is 1. The van der Waals surface area contributed by atoms with Crippen LogP contribution in [0, 0.1) is 0 Å². The third-order valence-corrected chi connectivity index (χ3v) is 3.72. The van der Waals surface area contributed by atoms with E-state index in [1.165, 1.54) is 0 Å². The minimum Gasteiger partial charge on any atom is -0.366 e. The SMILES string of the molecule is C[C@H]1CNCCN1CCC(=O)Nc1ccc(C(N)=O)cc1.Cl. The summed E-state index contributed by atoms with van der Waals surface area (Å²) in [7, 11) is 0. The van der Waals surface area contributed by atoms with Crippen molar-refractivity contribution in [1.82, 2.24) is 10.2 Å². The van der Waals surface area contributed by atoms with Gasteiger partial charge in [0.2, 0.25) is 11.8 Å². The summed E-state index contributed by atoms with van der Waals surface area (Å²) in [5.74, 6) is -0.492. The molecular weight excluding hydrogens is 304 g/mol. The van der Waals surface area contributed by atoms with E-state index in [0.29, 0.717) is 23.7 Å². The maximum Gasteiger partial charge on any atom is 0.248 e. The molecule has 2 amide bonds. The number of benzene rings is 1. The molecule has 1 aromatic carbocycles. The lowest BCUT2D eigenvalue weighted by Crippen LogP contribution is -2.50. The Morgan fingerprint density at radius 1 is 1.36 bits per heavy atom. The number of nitrogens with one attached hydrogen (secondary N) is 2. The Balaban J connectivity index is 0.00000242. The zero-order valence-corrected chi connectivity index (χ0v) is 13.5. The van der Waals surface area contributed by atoms with Crippen LogP contribution in [0.5, 0.6) is 0 Å². The minimum absolute atomic E-state index is 0. The molecule has 1 aliphatic rings. The molecule has 0 aliphatic carbocycles. The number of amides is 2. The topological polar surface area (TPSA) is 87.5 Å². The normalized spacial score (nSPS) is 18.3. The van der Waals surface area contributed by atoms with Gasteiger partial charge in [-0.2, -0.15) is 0 Å². The smallest absolute Gasteiger partial charge is 0.248 e. The Labute approximate surface area is 136 Å². The molecule has 0 aromatic heterocycles. The van der Waals surface area contributed by atoms with Crippen molar-refractivity contribution in [2.24, 2.45) is 5.73 Å². The third-order valence-electron chi connectivity index (χ3n) is 3.72. The van der Waals surface area contributed by atoms with Crippen LogP contribution in [0.2, 0.25) is 0 Å². The average Bonchev–Trinajstić information content (AvgIpc) is 2.47. The second kappa shape index (κ2) is 8.73. The highest BCUT2D eigenvalue weighted by molar-refractivity contribution is 5.94. The van der Waals surface area contributed by atoms with Crippen molar-refractivity contribution in [2.45, 2.75) is 19.4 Å². The Morgan fingerprint density at radius 2 is 2.05 bits per heavy atom. The summed E-state index contributed by atoms with van der Waals surface area (Å²) < 4.78 is 0. The van der Waals surface area contributed by atoms with Crippen molar-refractivity contribution in [2.75, 3.05) is 31.5 Å². The number of carbonyl (C=O) groups is 2. The minimum atomic E-state index is -0.472. The monoisotopic (exact) mass is 326 g/mol. The molecule has 7 heteroatoms. The van der Waals surface area contributed by atoms with Crippen LogP contribution in [-0.4, -0.2) is 48.9 Å². The summed E-state index contributed by atoms with van der Waals surface area (Å²) in [5, 5.41) is 6.16. The van der Waals surface area contributed by atoms with E-state index in [1.807, 2.05) is 0 Å². The number of rotatable bonds is 5. The Morgan fingerprint density at radius 3 is 2.64 bits per heavy atom. The van der Waals surface area contributed by atoms with Crippen LogP contribution in [0.4, 0.5) is 5.69 Å². The van der Waals surface area contributed by atoms with Crippen molar-refractivity contribution in [3.05, 3.63) is 29.8 Å². The standard InChI is InChI=1S/C15H22N4O2.ClH/c1-11-10-17-7-9-19(11)8-6-14(20)18-13-4-2-12(3-5-13)15(16)21;/h2-5,11,17H,6-10H2,1H3,(H2,16,21)(H,18,20);1H/t11-;/m0./s1. The molecule has 2 rings (SSSR count). The molecule has 1 aliphatic heterocycles. The van der Waals surface area contributed by atoms with E-state index in [0.717, 1.165) is 26.2 Å². The Bertz CT molecular complexity index is 507. The maximum absolute atomic E-state index is 11.9. The number of primary amides is 1. The summed E-state index contributed by atoms with van der Waals surface area (Å²) in [6.45, 7) is 5.83. The zero-order valence-electron chi connectivity index (χ0n) is 12.7. The molecule has 4 N–H and O–H groups in total. The van der Waals surface area contributed by atoms with Gasteiger partial charge in [-0.3, -0.25) is 14.5 Å². The molecule has 6 nitrogen and oxygen atoms in total. The van der Waals surface area contributed by atoms with Crippen LogP contribution in [-0.2, 0) is 4.79 Å². The van der Waals surface area contributed by atoms with E-state index in [4.69, 9.17) is 5.73 Å². The molecule has 0 radical (unpaired) electrons. The Hall–Kier alpha value is -1.63. The molecule has 1 saturated heterocycles. The highest BCUT2D eigenvalue weighted by Crippen LogP contribution is 2.10. The molecule has 1 atom stereocenters. The largest absolute Gasteiger partial charge is 0.366 e. The van der Waals surface area contributed by atoms with Gasteiger partial charge in [0.25, 0.3) is 0 Å². The summed E-state index contributed by atoms with van der Waals surface area (Å²) in [5.41, 5.74) is 6.28. The fourth-order valence-corrected chi connectivity index (χ4v) is 2.40. The molecule has 0 spiro atoms. The van der Waals surface area contributed by atoms with Crippen LogP contribution in [0.1, 0.15) is 23.7 Å². The summed E-state index contributed by atoms with van der Waals surface area (Å²) in [6, 6.07) is 7.05. The van der Waals surface area contributed by atoms with Crippen molar-refractivity contribution in [1.29, 1.82) is 0 Å². The fourth-order valence-electron chi connectivity index (χ4n) is 2.40. The first-order valence-corrected chi connectivity index (χ1v) is 7.21. The van der Waals surface area contributed by atoms with Gasteiger partial charge < -0.3 is 16.4 Å². The van der Waals surface area contributed by atoms with Gasteiger partial charge in [0.05, 0.1) is 0 Å². The van der Waals surface area contributed by atoms with Crippen molar-refractivity contribution >= 4 is 29.9 Å². The molecule has 0 unspecified atom stereocenters. The molecule has 22 heavy (non-hydrogen) atoms. The molecule has 1 fully saturated rings. The summed E-state index contributed by atoms with van der Waals surface area (Å²) in [6.07, 6.45) is 0.460. The third kappa shape index (κ3) is 5.29. The van der Waals surface area contributed by atoms with E-state index in [2.05, 4.69) is 22.5 Å². The van der Waals surface area contributed by atoms with Gasteiger partial charge in [0, 0.05) is 49.9 Å². The summed E-state index contributed by atoms with van der Waals surface area (Å²) in [4.78, 5) is 25.2. The first-order chi connectivity index (χ1) is 10.1. The number of nitrogens with two attached hydrogens (primary N) is 1. The van der Waals surface area contributed by atoms with E-state index in [-0.39, 0.29) is 18.3 Å². The van der Waals surface area contributed by atoms with Crippen LogP contribution >= 0.6 is 12.4 Å². The predicted molar refractivity (Wildman–Crippen MR) is 89.4 cm³/mol.